The van der Waals surface area contributed by atoms with E-state index in [9.17, 15) is 4.79 Å². The van der Waals surface area contributed by atoms with Gasteiger partial charge in [-0.05, 0) is 46.9 Å². The molecule has 0 unspecified atom stereocenters. The number of carboxylic acid groups (broad SMARTS) is 1. The van der Waals surface area contributed by atoms with E-state index in [1.165, 1.54) is 0 Å². The van der Waals surface area contributed by atoms with Gasteiger partial charge >= 0.3 is 5.97 Å². The molecule has 11 heavy (non-hydrogen) atoms. The molecule has 0 bridgehead atoms. The molecule has 63 valence electrons. The van der Waals surface area contributed by atoms with Gasteiger partial charge in [-0.25, -0.2) is 4.79 Å². The minimum atomic E-state index is -0.878. The minimum absolute atomic E-state index is 0. The van der Waals surface area contributed by atoms with Gasteiger partial charge in [0.25, 0.3) is 0 Å². The molecule has 0 aliphatic heterocycles. The fourth-order valence-corrected chi connectivity index (χ4v) is 0.952. The van der Waals surface area contributed by atoms with Crippen LogP contribution in [0.15, 0.2) is 24.3 Å². The Morgan fingerprint density at radius 3 is 2.09 bits per heavy atom. The quantitative estimate of drug-likeness (QED) is 0.636. The van der Waals surface area contributed by atoms with Crippen molar-refractivity contribution in [3.63, 3.8) is 0 Å². The third-order valence-corrected chi connectivity index (χ3v) is 1.81. The number of carboxylic acids is 1. The van der Waals surface area contributed by atoms with E-state index in [0.717, 1.165) is 3.57 Å². The Labute approximate surface area is 88.6 Å². The van der Waals surface area contributed by atoms with Crippen LogP contribution in [0.25, 0.3) is 0 Å². The van der Waals surface area contributed by atoms with Gasteiger partial charge in [-0.3, -0.25) is 0 Å². The van der Waals surface area contributed by atoms with E-state index in [1.807, 2.05) is 0 Å². The molecule has 0 fully saturated rings. The van der Waals surface area contributed by atoms with Crippen LogP contribution in [0.5, 0.6) is 0 Å². The summed E-state index contributed by atoms with van der Waals surface area (Å²) >= 11 is 2.13. The van der Waals surface area contributed by atoms with Crippen LogP contribution in [0.2, 0.25) is 0 Å². The van der Waals surface area contributed by atoms with Crippen molar-refractivity contribution in [2.45, 2.75) is 0 Å². The standard InChI is InChI=1S/C7H5IO2.Cu/c8-6-3-1-5(2-4-6)7(9)10;/h1-4H,(H,9,10);. The maximum atomic E-state index is 10.3. The SMILES string of the molecule is O=C(O)c1ccc(I)cc1.[Cu]. The largest absolute Gasteiger partial charge is 0.478 e. The van der Waals surface area contributed by atoms with Crippen molar-refractivity contribution in [2.75, 3.05) is 0 Å². The molecule has 1 aromatic carbocycles. The summed E-state index contributed by atoms with van der Waals surface area (Å²) in [5.74, 6) is -0.878. The number of hydrogen-bond donors (Lipinski definition) is 1. The summed E-state index contributed by atoms with van der Waals surface area (Å²) in [4.78, 5) is 10.3. The van der Waals surface area contributed by atoms with E-state index < -0.39 is 5.97 Å². The monoisotopic (exact) mass is 311 g/mol. The molecule has 0 heterocycles. The Balaban J connectivity index is 0.000001000. The summed E-state index contributed by atoms with van der Waals surface area (Å²) in [5.41, 5.74) is 0.334. The van der Waals surface area contributed by atoms with Gasteiger partial charge in [-0.2, -0.15) is 0 Å². The third kappa shape index (κ3) is 3.22. The van der Waals surface area contributed by atoms with Crippen molar-refractivity contribution in [3.05, 3.63) is 33.4 Å². The maximum absolute atomic E-state index is 10.3. The van der Waals surface area contributed by atoms with Crippen molar-refractivity contribution in [1.82, 2.24) is 0 Å². The molecule has 2 nitrogen and oxygen atoms in total. The molecular formula is C7H5CuIO2. The molecule has 0 aliphatic carbocycles. The molecule has 1 aromatic rings. The van der Waals surface area contributed by atoms with Gasteiger partial charge in [0, 0.05) is 20.6 Å². The second-order valence-electron chi connectivity index (χ2n) is 1.81. The Bertz CT molecular complexity index is 245. The fourth-order valence-electron chi connectivity index (χ4n) is 0.592. The number of hydrogen-bond acceptors (Lipinski definition) is 1. The molecule has 1 N–H and O–H groups in total. The number of carbonyl (C=O) groups is 1. The van der Waals surface area contributed by atoms with E-state index in [1.54, 1.807) is 24.3 Å². The van der Waals surface area contributed by atoms with Crippen molar-refractivity contribution >= 4 is 28.6 Å². The van der Waals surface area contributed by atoms with Gasteiger partial charge < -0.3 is 5.11 Å². The molecule has 0 saturated carbocycles. The summed E-state index contributed by atoms with van der Waals surface area (Å²) in [6.07, 6.45) is 0. The molecule has 0 aromatic heterocycles. The molecule has 0 aliphatic rings. The molecule has 1 radical (unpaired) electrons. The van der Waals surface area contributed by atoms with E-state index >= 15 is 0 Å². The summed E-state index contributed by atoms with van der Waals surface area (Å²) in [5, 5.41) is 8.47. The minimum Gasteiger partial charge on any atom is -0.478 e. The van der Waals surface area contributed by atoms with Crippen molar-refractivity contribution in [2.24, 2.45) is 0 Å². The first-order valence-electron chi connectivity index (χ1n) is 2.69. The number of rotatable bonds is 1. The van der Waals surface area contributed by atoms with Crippen LogP contribution >= 0.6 is 22.6 Å². The number of aromatic carboxylic acids is 1. The average molecular weight is 312 g/mol. The summed E-state index contributed by atoms with van der Waals surface area (Å²) in [7, 11) is 0. The summed E-state index contributed by atoms with van der Waals surface area (Å²) in [6.45, 7) is 0. The summed E-state index contributed by atoms with van der Waals surface area (Å²) in [6, 6.07) is 6.71. The van der Waals surface area contributed by atoms with Gasteiger partial charge in [0.2, 0.25) is 0 Å². The maximum Gasteiger partial charge on any atom is 0.335 e. The fraction of sp³-hybridized carbons (Fsp3) is 0. The van der Waals surface area contributed by atoms with E-state index in [0.29, 0.717) is 5.56 Å². The van der Waals surface area contributed by atoms with Crippen LogP contribution in [-0.4, -0.2) is 11.1 Å². The second-order valence-corrected chi connectivity index (χ2v) is 3.06. The first kappa shape index (κ1) is 10.9. The van der Waals surface area contributed by atoms with E-state index in [2.05, 4.69) is 22.6 Å². The van der Waals surface area contributed by atoms with E-state index in [-0.39, 0.29) is 17.1 Å². The average Bonchev–Trinajstić information content (AvgIpc) is 1.88. The van der Waals surface area contributed by atoms with Crippen LogP contribution in [0.4, 0.5) is 0 Å². The van der Waals surface area contributed by atoms with Crippen LogP contribution in [-0.2, 0) is 17.1 Å². The molecular weight excluding hydrogens is 307 g/mol. The van der Waals surface area contributed by atoms with Gasteiger partial charge in [-0.15, -0.1) is 0 Å². The van der Waals surface area contributed by atoms with Gasteiger partial charge in [0.05, 0.1) is 5.56 Å². The van der Waals surface area contributed by atoms with Crippen LogP contribution in [0, 0.1) is 3.57 Å². The Morgan fingerprint density at radius 2 is 1.73 bits per heavy atom. The molecule has 1 rings (SSSR count). The number of halogens is 1. The van der Waals surface area contributed by atoms with Crippen LogP contribution in [0.3, 0.4) is 0 Å². The smallest absolute Gasteiger partial charge is 0.335 e. The molecule has 0 saturated heterocycles. The predicted octanol–water partition coefficient (Wildman–Crippen LogP) is 1.99. The zero-order valence-electron chi connectivity index (χ0n) is 5.34. The predicted molar refractivity (Wildman–Crippen MR) is 46.1 cm³/mol. The van der Waals surface area contributed by atoms with Crippen molar-refractivity contribution in [1.29, 1.82) is 0 Å². The third-order valence-electron chi connectivity index (χ3n) is 1.09. The topological polar surface area (TPSA) is 37.3 Å². The first-order valence-corrected chi connectivity index (χ1v) is 3.77. The number of benzene rings is 1. The molecule has 4 heteroatoms. The molecule has 0 amide bonds. The first-order chi connectivity index (χ1) is 4.70. The van der Waals surface area contributed by atoms with Crippen molar-refractivity contribution < 1.29 is 27.0 Å². The Hall–Kier alpha value is -0.0605. The van der Waals surface area contributed by atoms with E-state index in [4.69, 9.17) is 5.11 Å². The zero-order valence-corrected chi connectivity index (χ0v) is 8.44. The summed E-state index contributed by atoms with van der Waals surface area (Å²) < 4.78 is 1.04. The normalized spacial score (nSPS) is 8.45. The second kappa shape index (κ2) is 4.74. The van der Waals surface area contributed by atoms with Crippen LogP contribution in [0.1, 0.15) is 10.4 Å². The Kier molecular flexibility index (Phi) is 4.72. The van der Waals surface area contributed by atoms with Gasteiger partial charge in [0.1, 0.15) is 0 Å². The molecule has 0 atom stereocenters. The zero-order chi connectivity index (χ0) is 7.56. The van der Waals surface area contributed by atoms with Gasteiger partial charge in [0.15, 0.2) is 0 Å². The van der Waals surface area contributed by atoms with Crippen molar-refractivity contribution in [3.8, 4) is 0 Å². The molecule has 0 spiro atoms. The van der Waals surface area contributed by atoms with Gasteiger partial charge in [-0.1, -0.05) is 0 Å². The Morgan fingerprint density at radius 1 is 1.27 bits per heavy atom. The van der Waals surface area contributed by atoms with Crippen LogP contribution < -0.4 is 0 Å².